The third-order valence-corrected chi connectivity index (χ3v) is 1.58. The second-order valence-corrected chi connectivity index (χ2v) is 2.42. The highest BCUT2D eigenvalue weighted by atomic mass is 19.3. The van der Waals surface area contributed by atoms with Crippen LogP contribution in [0.5, 0.6) is 5.75 Å². The molecule has 0 amide bonds. The van der Waals surface area contributed by atoms with Crippen molar-refractivity contribution in [2.24, 2.45) is 0 Å². The van der Waals surface area contributed by atoms with Gasteiger partial charge in [-0.1, -0.05) is 0 Å². The van der Waals surface area contributed by atoms with Gasteiger partial charge in [-0.25, -0.2) is 13.8 Å². The highest BCUT2D eigenvalue weighted by molar-refractivity contribution is 5.55. The van der Waals surface area contributed by atoms with Gasteiger partial charge in [0.25, 0.3) is 6.43 Å². The summed E-state index contributed by atoms with van der Waals surface area (Å²) in [6.45, 7) is 0. The van der Waals surface area contributed by atoms with Crippen molar-refractivity contribution in [1.29, 1.82) is 5.26 Å². The van der Waals surface area contributed by atoms with Crippen molar-refractivity contribution in [2.75, 3.05) is 0 Å². The SMILES string of the molecule is N#Cc1ncc(O)c([N+](=O)[O-])c1C(F)F. The summed E-state index contributed by atoms with van der Waals surface area (Å²) in [6.07, 6.45) is -2.66. The lowest BCUT2D eigenvalue weighted by Crippen LogP contribution is -2.01. The number of nitro groups is 1. The van der Waals surface area contributed by atoms with Crippen LogP contribution in [0.25, 0.3) is 0 Å². The van der Waals surface area contributed by atoms with Gasteiger partial charge in [0, 0.05) is 0 Å². The quantitative estimate of drug-likeness (QED) is 0.595. The molecule has 0 aliphatic rings. The van der Waals surface area contributed by atoms with Crippen molar-refractivity contribution in [1.82, 2.24) is 4.98 Å². The zero-order valence-corrected chi connectivity index (χ0v) is 7.02. The van der Waals surface area contributed by atoms with Gasteiger partial charge in [0.05, 0.1) is 11.1 Å². The van der Waals surface area contributed by atoms with Crippen molar-refractivity contribution < 1.29 is 18.8 Å². The Morgan fingerprint density at radius 2 is 2.27 bits per heavy atom. The van der Waals surface area contributed by atoms with E-state index in [9.17, 15) is 18.9 Å². The molecule has 0 fully saturated rings. The smallest absolute Gasteiger partial charge is 0.324 e. The Morgan fingerprint density at radius 3 is 2.67 bits per heavy atom. The van der Waals surface area contributed by atoms with Crippen LogP contribution < -0.4 is 0 Å². The lowest BCUT2D eigenvalue weighted by atomic mass is 10.1. The first-order valence-corrected chi connectivity index (χ1v) is 3.53. The molecule has 78 valence electrons. The van der Waals surface area contributed by atoms with Gasteiger partial charge in [0.2, 0.25) is 5.75 Å². The first-order chi connectivity index (χ1) is 6.99. The summed E-state index contributed by atoms with van der Waals surface area (Å²) in [5.41, 5.74) is -3.12. The van der Waals surface area contributed by atoms with Crippen LogP contribution in [-0.2, 0) is 0 Å². The third-order valence-electron chi connectivity index (χ3n) is 1.58. The molecule has 0 aromatic carbocycles. The van der Waals surface area contributed by atoms with Gasteiger partial charge in [0.15, 0.2) is 5.69 Å². The fourth-order valence-electron chi connectivity index (χ4n) is 0.994. The van der Waals surface area contributed by atoms with Crippen molar-refractivity contribution in [3.05, 3.63) is 27.6 Å². The fourth-order valence-corrected chi connectivity index (χ4v) is 0.994. The van der Waals surface area contributed by atoms with Crippen LogP contribution in [0.4, 0.5) is 14.5 Å². The van der Waals surface area contributed by atoms with Crippen LogP contribution in [0, 0.1) is 21.4 Å². The summed E-state index contributed by atoms with van der Waals surface area (Å²) < 4.78 is 24.8. The van der Waals surface area contributed by atoms with E-state index in [1.54, 1.807) is 0 Å². The molecule has 1 aromatic heterocycles. The molecule has 0 aliphatic heterocycles. The minimum Gasteiger partial charge on any atom is -0.501 e. The number of aromatic nitrogens is 1. The van der Waals surface area contributed by atoms with Gasteiger partial charge in [-0.3, -0.25) is 10.1 Å². The third kappa shape index (κ3) is 1.80. The summed E-state index contributed by atoms with van der Waals surface area (Å²) in [4.78, 5) is 12.4. The Bertz CT molecular complexity index is 456. The van der Waals surface area contributed by atoms with Gasteiger partial charge in [-0.05, 0) is 0 Å². The van der Waals surface area contributed by atoms with E-state index in [2.05, 4.69) is 4.98 Å². The zero-order valence-electron chi connectivity index (χ0n) is 7.02. The zero-order chi connectivity index (χ0) is 11.6. The molecule has 6 nitrogen and oxygen atoms in total. The van der Waals surface area contributed by atoms with Crippen LogP contribution in [-0.4, -0.2) is 15.0 Å². The molecule has 0 aliphatic carbocycles. The minimum absolute atomic E-state index is 0.586. The standard InChI is InChI=1S/C7H3F2N3O3/c8-7(9)5-3(1-10)11-2-4(13)6(5)12(14)15/h2,7,13H. The number of nitriles is 1. The second-order valence-electron chi connectivity index (χ2n) is 2.42. The normalized spacial score (nSPS) is 10.0. The van der Waals surface area contributed by atoms with Gasteiger partial charge in [-0.2, -0.15) is 5.26 Å². The van der Waals surface area contributed by atoms with Crippen molar-refractivity contribution in [3.63, 3.8) is 0 Å². The summed E-state index contributed by atoms with van der Waals surface area (Å²) in [7, 11) is 0. The number of hydrogen-bond acceptors (Lipinski definition) is 5. The maximum absolute atomic E-state index is 12.4. The lowest BCUT2D eigenvalue weighted by molar-refractivity contribution is -0.387. The fraction of sp³-hybridized carbons (Fsp3) is 0.143. The van der Waals surface area contributed by atoms with E-state index in [-0.39, 0.29) is 0 Å². The van der Waals surface area contributed by atoms with Crippen LogP contribution in [0.1, 0.15) is 17.7 Å². The number of hydrogen-bond donors (Lipinski definition) is 1. The molecule has 1 rings (SSSR count). The second kappa shape index (κ2) is 3.83. The Kier molecular flexibility index (Phi) is 2.75. The largest absolute Gasteiger partial charge is 0.501 e. The minimum atomic E-state index is -3.25. The molecule has 1 aromatic rings. The molecule has 0 bridgehead atoms. The average molecular weight is 215 g/mol. The number of alkyl halides is 2. The van der Waals surface area contributed by atoms with Gasteiger partial charge in [0.1, 0.15) is 11.6 Å². The Hall–Kier alpha value is -2.30. The van der Waals surface area contributed by atoms with Crippen molar-refractivity contribution >= 4 is 5.69 Å². The van der Waals surface area contributed by atoms with Crippen LogP contribution >= 0.6 is 0 Å². The van der Waals surface area contributed by atoms with E-state index in [0.29, 0.717) is 6.20 Å². The van der Waals surface area contributed by atoms with E-state index in [4.69, 9.17) is 10.4 Å². The first kappa shape index (κ1) is 10.8. The van der Waals surface area contributed by atoms with E-state index in [0.717, 1.165) is 0 Å². The molecular formula is C7H3F2N3O3. The summed E-state index contributed by atoms with van der Waals surface area (Å²) >= 11 is 0. The molecule has 1 N–H and O–H groups in total. The Morgan fingerprint density at radius 1 is 1.67 bits per heavy atom. The van der Waals surface area contributed by atoms with E-state index in [1.807, 2.05) is 0 Å². The summed E-state index contributed by atoms with van der Waals surface area (Å²) in [5, 5.41) is 27.8. The maximum atomic E-state index is 12.4. The number of pyridine rings is 1. The molecule has 0 saturated carbocycles. The Balaban J connectivity index is 3.60. The van der Waals surface area contributed by atoms with Crippen LogP contribution in [0.15, 0.2) is 6.20 Å². The highest BCUT2D eigenvalue weighted by Gasteiger charge is 2.30. The molecule has 0 atom stereocenters. The number of rotatable bonds is 2. The molecule has 0 unspecified atom stereocenters. The summed E-state index contributed by atoms with van der Waals surface area (Å²) in [5.74, 6) is -0.991. The molecule has 1 heterocycles. The van der Waals surface area contributed by atoms with Crippen LogP contribution in [0.3, 0.4) is 0 Å². The van der Waals surface area contributed by atoms with E-state index < -0.39 is 34.0 Å². The molecule has 0 radical (unpaired) electrons. The van der Waals surface area contributed by atoms with E-state index >= 15 is 0 Å². The maximum Gasteiger partial charge on any atom is 0.324 e. The highest BCUT2D eigenvalue weighted by Crippen LogP contribution is 2.36. The monoisotopic (exact) mass is 215 g/mol. The van der Waals surface area contributed by atoms with Gasteiger partial charge in [-0.15, -0.1) is 0 Å². The Labute approximate surface area is 81.6 Å². The van der Waals surface area contributed by atoms with Crippen LogP contribution in [0.2, 0.25) is 0 Å². The lowest BCUT2D eigenvalue weighted by Gasteiger charge is -2.03. The van der Waals surface area contributed by atoms with Gasteiger partial charge < -0.3 is 5.11 Å². The predicted molar refractivity (Wildman–Crippen MR) is 42.2 cm³/mol. The van der Waals surface area contributed by atoms with E-state index in [1.165, 1.54) is 6.07 Å². The van der Waals surface area contributed by atoms with Crippen molar-refractivity contribution in [2.45, 2.75) is 6.43 Å². The number of aromatic hydroxyl groups is 1. The van der Waals surface area contributed by atoms with Crippen molar-refractivity contribution in [3.8, 4) is 11.8 Å². The van der Waals surface area contributed by atoms with Gasteiger partial charge >= 0.3 is 5.69 Å². The average Bonchev–Trinajstić information content (AvgIpc) is 2.16. The predicted octanol–water partition coefficient (Wildman–Crippen LogP) is 1.50. The molecule has 0 saturated heterocycles. The number of nitrogens with zero attached hydrogens (tertiary/aromatic N) is 3. The molecule has 15 heavy (non-hydrogen) atoms. The number of halogens is 2. The molecular weight excluding hydrogens is 212 g/mol. The topological polar surface area (TPSA) is 100 Å². The first-order valence-electron chi connectivity index (χ1n) is 3.53. The molecule has 8 heteroatoms. The summed E-state index contributed by atoms with van der Waals surface area (Å²) in [6, 6.07) is 1.29. The molecule has 0 spiro atoms.